The maximum Gasteiger partial charge on any atom is 0.308 e. The van der Waals surface area contributed by atoms with Gasteiger partial charge in [-0.05, 0) is 12.1 Å². The Labute approximate surface area is 103 Å². The molecule has 1 atom stereocenters. The number of carboxylic acids is 1. The zero-order valence-corrected chi connectivity index (χ0v) is 9.98. The number of hydrogen-bond donors (Lipinski definition) is 1. The van der Waals surface area contributed by atoms with E-state index < -0.39 is 35.0 Å². The van der Waals surface area contributed by atoms with Crippen molar-refractivity contribution >= 4 is 11.9 Å². The van der Waals surface area contributed by atoms with Gasteiger partial charge in [-0.1, -0.05) is 13.0 Å². The van der Waals surface area contributed by atoms with Crippen LogP contribution in [0.3, 0.4) is 0 Å². The van der Waals surface area contributed by atoms with Crippen molar-refractivity contribution in [3.05, 3.63) is 35.4 Å². The Kier molecular flexibility index (Phi) is 4.36. The lowest BCUT2D eigenvalue weighted by atomic mass is 10.1. The van der Waals surface area contributed by atoms with E-state index in [0.717, 1.165) is 23.1 Å². The molecular formula is C12H13F2NO3. The monoisotopic (exact) mass is 257 g/mol. The minimum atomic E-state index is -1.08. The SMILES string of the molecule is CC(CN(C)C(=O)c1c(F)cccc1F)C(=O)O. The summed E-state index contributed by atoms with van der Waals surface area (Å²) in [5.41, 5.74) is -0.669. The molecule has 1 rings (SSSR count). The van der Waals surface area contributed by atoms with Gasteiger partial charge in [-0.25, -0.2) is 8.78 Å². The van der Waals surface area contributed by atoms with Crippen LogP contribution in [0, 0.1) is 17.6 Å². The second kappa shape index (κ2) is 5.57. The van der Waals surface area contributed by atoms with E-state index in [2.05, 4.69) is 0 Å². The first-order valence-electron chi connectivity index (χ1n) is 5.27. The summed E-state index contributed by atoms with van der Waals surface area (Å²) in [6.45, 7) is 1.28. The van der Waals surface area contributed by atoms with E-state index in [4.69, 9.17) is 5.11 Å². The quantitative estimate of drug-likeness (QED) is 0.894. The van der Waals surface area contributed by atoms with Crippen molar-refractivity contribution in [2.45, 2.75) is 6.92 Å². The highest BCUT2D eigenvalue weighted by Gasteiger charge is 2.23. The van der Waals surface area contributed by atoms with Crippen molar-refractivity contribution in [1.29, 1.82) is 0 Å². The molecule has 0 heterocycles. The number of halogens is 2. The molecule has 0 fully saturated rings. The van der Waals surface area contributed by atoms with Crippen LogP contribution >= 0.6 is 0 Å². The van der Waals surface area contributed by atoms with Gasteiger partial charge in [-0.15, -0.1) is 0 Å². The lowest BCUT2D eigenvalue weighted by Gasteiger charge is -2.19. The molecule has 0 saturated heterocycles. The average Bonchev–Trinajstić information content (AvgIpc) is 2.28. The Morgan fingerprint density at radius 1 is 1.33 bits per heavy atom. The fourth-order valence-electron chi connectivity index (χ4n) is 1.46. The van der Waals surface area contributed by atoms with Crippen molar-refractivity contribution in [3.8, 4) is 0 Å². The Morgan fingerprint density at radius 3 is 2.28 bits per heavy atom. The lowest BCUT2D eigenvalue weighted by Crippen LogP contribution is -2.34. The third-order valence-corrected chi connectivity index (χ3v) is 2.49. The summed E-state index contributed by atoms with van der Waals surface area (Å²) >= 11 is 0. The second-order valence-electron chi connectivity index (χ2n) is 4.02. The van der Waals surface area contributed by atoms with Crippen LogP contribution in [0.25, 0.3) is 0 Å². The molecule has 0 aliphatic heterocycles. The summed E-state index contributed by atoms with van der Waals surface area (Å²) < 4.78 is 26.7. The number of rotatable bonds is 4. The second-order valence-corrected chi connectivity index (χ2v) is 4.02. The van der Waals surface area contributed by atoms with E-state index in [0.29, 0.717) is 0 Å². The van der Waals surface area contributed by atoms with Crippen LogP contribution < -0.4 is 0 Å². The van der Waals surface area contributed by atoms with Crippen molar-refractivity contribution in [2.75, 3.05) is 13.6 Å². The molecule has 0 aliphatic carbocycles. The normalized spacial score (nSPS) is 12.0. The van der Waals surface area contributed by atoms with Crippen molar-refractivity contribution in [1.82, 2.24) is 4.90 Å². The minimum Gasteiger partial charge on any atom is -0.481 e. The zero-order chi connectivity index (χ0) is 13.9. The smallest absolute Gasteiger partial charge is 0.308 e. The summed E-state index contributed by atoms with van der Waals surface area (Å²) in [6.07, 6.45) is 0. The molecule has 0 saturated carbocycles. The van der Waals surface area contributed by atoms with Gasteiger partial charge in [0.2, 0.25) is 0 Å². The molecule has 1 N–H and O–H groups in total. The predicted octanol–water partition coefficient (Wildman–Crippen LogP) is 1.76. The Hall–Kier alpha value is -1.98. The first kappa shape index (κ1) is 14.1. The van der Waals surface area contributed by atoms with Crippen LogP contribution in [-0.2, 0) is 4.79 Å². The van der Waals surface area contributed by atoms with Crippen LogP contribution in [0.2, 0.25) is 0 Å². The highest BCUT2D eigenvalue weighted by Crippen LogP contribution is 2.14. The third kappa shape index (κ3) is 3.03. The zero-order valence-electron chi connectivity index (χ0n) is 9.98. The van der Waals surface area contributed by atoms with E-state index in [1.54, 1.807) is 0 Å². The van der Waals surface area contributed by atoms with E-state index in [-0.39, 0.29) is 6.54 Å². The molecule has 1 amide bonds. The predicted molar refractivity (Wildman–Crippen MR) is 60.1 cm³/mol. The topological polar surface area (TPSA) is 57.6 Å². The number of carbonyl (C=O) groups excluding carboxylic acids is 1. The third-order valence-electron chi connectivity index (χ3n) is 2.49. The molecule has 0 spiro atoms. The number of aliphatic carboxylic acids is 1. The van der Waals surface area contributed by atoms with Gasteiger partial charge >= 0.3 is 5.97 Å². The number of carboxylic acid groups (broad SMARTS) is 1. The Bertz CT molecular complexity index is 456. The Morgan fingerprint density at radius 2 is 1.83 bits per heavy atom. The maximum absolute atomic E-state index is 13.4. The van der Waals surface area contributed by atoms with Crippen LogP contribution in [0.5, 0.6) is 0 Å². The molecule has 6 heteroatoms. The van der Waals surface area contributed by atoms with E-state index in [1.807, 2.05) is 0 Å². The van der Waals surface area contributed by atoms with Gasteiger partial charge in [-0.2, -0.15) is 0 Å². The fourth-order valence-corrected chi connectivity index (χ4v) is 1.46. The first-order chi connectivity index (χ1) is 8.34. The number of carbonyl (C=O) groups is 2. The molecule has 1 aromatic rings. The lowest BCUT2D eigenvalue weighted by molar-refractivity contribution is -0.141. The van der Waals surface area contributed by atoms with Gasteiger partial charge in [0.15, 0.2) is 0 Å². The molecule has 1 aromatic carbocycles. The summed E-state index contributed by atoms with van der Waals surface area (Å²) in [5.74, 6) is -4.69. The minimum absolute atomic E-state index is 0.123. The molecule has 98 valence electrons. The van der Waals surface area contributed by atoms with Gasteiger partial charge < -0.3 is 10.0 Å². The molecule has 0 aromatic heterocycles. The number of nitrogens with zero attached hydrogens (tertiary/aromatic N) is 1. The molecule has 1 unspecified atom stereocenters. The van der Waals surface area contributed by atoms with E-state index in [9.17, 15) is 18.4 Å². The van der Waals surface area contributed by atoms with Crippen molar-refractivity contribution in [2.24, 2.45) is 5.92 Å². The van der Waals surface area contributed by atoms with Gasteiger partial charge in [-0.3, -0.25) is 9.59 Å². The summed E-state index contributed by atoms with van der Waals surface area (Å²) in [4.78, 5) is 23.4. The molecule has 0 aliphatic rings. The molecule has 0 radical (unpaired) electrons. The highest BCUT2D eigenvalue weighted by atomic mass is 19.1. The average molecular weight is 257 g/mol. The van der Waals surface area contributed by atoms with Crippen LogP contribution in [0.4, 0.5) is 8.78 Å². The summed E-state index contributed by atoms with van der Waals surface area (Å²) in [7, 11) is 1.30. The summed E-state index contributed by atoms with van der Waals surface area (Å²) in [5, 5.41) is 8.71. The summed E-state index contributed by atoms with van der Waals surface area (Å²) in [6, 6.07) is 3.11. The van der Waals surface area contributed by atoms with Gasteiger partial charge in [0.1, 0.15) is 17.2 Å². The molecule has 0 bridgehead atoms. The number of hydrogen-bond acceptors (Lipinski definition) is 2. The van der Waals surface area contributed by atoms with E-state index >= 15 is 0 Å². The van der Waals surface area contributed by atoms with Crippen molar-refractivity contribution < 1.29 is 23.5 Å². The molecule has 18 heavy (non-hydrogen) atoms. The van der Waals surface area contributed by atoms with Gasteiger partial charge in [0.05, 0.1) is 5.92 Å². The first-order valence-corrected chi connectivity index (χ1v) is 5.27. The van der Waals surface area contributed by atoms with E-state index in [1.165, 1.54) is 14.0 Å². The van der Waals surface area contributed by atoms with Crippen LogP contribution in [0.1, 0.15) is 17.3 Å². The molecular weight excluding hydrogens is 244 g/mol. The standard InChI is InChI=1S/C12H13F2NO3/c1-7(12(17)18)6-15(2)11(16)10-8(13)4-3-5-9(10)14/h3-5,7H,6H2,1-2H3,(H,17,18). The van der Waals surface area contributed by atoms with Gasteiger partial charge in [0.25, 0.3) is 5.91 Å². The van der Waals surface area contributed by atoms with Crippen LogP contribution in [-0.4, -0.2) is 35.5 Å². The maximum atomic E-state index is 13.4. The fraction of sp³-hybridized carbons (Fsp3) is 0.333. The van der Waals surface area contributed by atoms with Gasteiger partial charge in [0, 0.05) is 13.6 Å². The number of amides is 1. The van der Waals surface area contributed by atoms with Crippen molar-refractivity contribution in [3.63, 3.8) is 0 Å². The number of benzene rings is 1. The molecule has 4 nitrogen and oxygen atoms in total. The highest BCUT2D eigenvalue weighted by molar-refractivity contribution is 5.94. The van der Waals surface area contributed by atoms with Crippen LogP contribution in [0.15, 0.2) is 18.2 Å². The largest absolute Gasteiger partial charge is 0.481 e. The Balaban J connectivity index is 2.90.